The molecule has 0 aliphatic heterocycles. The summed E-state index contributed by atoms with van der Waals surface area (Å²) in [6.45, 7) is 1.50. The standard InChI is InChI=1S/C23H20O3S/c1-17(24)18-12-14-21(15-13-18)26-22(25)16-27-23(19-8-4-2-5-9-19)20-10-6-3-7-11-20/h2-15,23H,16H2,1H3. The SMILES string of the molecule is CC(=O)c1ccc(OC(=O)CSC(c2ccccc2)c2ccccc2)cc1. The zero-order valence-corrected chi connectivity index (χ0v) is 15.8. The number of thioether (sulfide) groups is 1. The van der Waals surface area contributed by atoms with Gasteiger partial charge in [0, 0.05) is 5.56 Å². The Labute approximate surface area is 163 Å². The van der Waals surface area contributed by atoms with Gasteiger partial charge < -0.3 is 4.74 Å². The van der Waals surface area contributed by atoms with Crippen molar-refractivity contribution in [2.45, 2.75) is 12.2 Å². The van der Waals surface area contributed by atoms with Crippen molar-refractivity contribution in [2.24, 2.45) is 0 Å². The molecule has 0 spiro atoms. The molecule has 3 rings (SSSR count). The third kappa shape index (κ3) is 5.31. The van der Waals surface area contributed by atoms with E-state index in [0.717, 1.165) is 11.1 Å². The number of carbonyl (C=O) groups excluding carboxylic acids is 2. The lowest BCUT2D eigenvalue weighted by atomic mass is 10.0. The normalized spacial score (nSPS) is 10.6. The van der Waals surface area contributed by atoms with E-state index >= 15 is 0 Å². The fourth-order valence-electron chi connectivity index (χ4n) is 2.71. The van der Waals surface area contributed by atoms with E-state index < -0.39 is 0 Å². The van der Waals surface area contributed by atoms with Crippen LogP contribution in [0.3, 0.4) is 0 Å². The topological polar surface area (TPSA) is 43.4 Å². The summed E-state index contributed by atoms with van der Waals surface area (Å²) in [7, 11) is 0. The van der Waals surface area contributed by atoms with Crippen LogP contribution in [0.15, 0.2) is 84.9 Å². The first-order valence-electron chi connectivity index (χ1n) is 8.66. The van der Waals surface area contributed by atoms with Gasteiger partial charge in [0.25, 0.3) is 0 Å². The van der Waals surface area contributed by atoms with Crippen molar-refractivity contribution in [3.05, 3.63) is 102 Å². The van der Waals surface area contributed by atoms with Gasteiger partial charge in [0.15, 0.2) is 5.78 Å². The Bertz CT molecular complexity index is 850. The van der Waals surface area contributed by atoms with Gasteiger partial charge in [0.05, 0.1) is 11.0 Å². The zero-order valence-electron chi connectivity index (χ0n) is 15.0. The zero-order chi connectivity index (χ0) is 19.1. The summed E-state index contributed by atoms with van der Waals surface area (Å²) in [5.41, 5.74) is 2.89. The quantitative estimate of drug-likeness (QED) is 0.318. The number of ketones is 1. The van der Waals surface area contributed by atoms with Crippen molar-refractivity contribution in [3.8, 4) is 5.75 Å². The van der Waals surface area contributed by atoms with Gasteiger partial charge in [-0.25, -0.2) is 0 Å². The Morgan fingerprint density at radius 2 is 1.33 bits per heavy atom. The number of benzene rings is 3. The van der Waals surface area contributed by atoms with Crippen LogP contribution in [-0.2, 0) is 4.79 Å². The molecule has 0 amide bonds. The molecule has 0 bridgehead atoms. The van der Waals surface area contributed by atoms with Crippen LogP contribution in [0.4, 0.5) is 0 Å². The molecule has 27 heavy (non-hydrogen) atoms. The predicted molar refractivity (Wildman–Crippen MR) is 109 cm³/mol. The van der Waals surface area contributed by atoms with Gasteiger partial charge in [-0.3, -0.25) is 9.59 Å². The van der Waals surface area contributed by atoms with Crippen LogP contribution in [0, 0.1) is 0 Å². The van der Waals surface area contributed by atoms with Crippen LogP contribution in [0.1, 0.15) is 33.7 Å². The Hall–Kier alpha value is -2.85. The average molecular weight is 376 g/mol. The lowest BCUT2D eigenvalue weighted by Gasteiger charge is -2.17. The second-order valence-corrected chi connectivity index (χ2v) is 7.16. The van der Waals surface area contributed by atoms with Crippen molar-refractivity contribution in [3.63, 3.8) is 0 Å². The van der Waals surface area contributed by atoms with Crippen molar-refractivity contribution >= 4 is 23.5 Å². The average Bonchev–Trinajstić information content (AvgIpc) is 2.70. The van der Waals surface area contributed by atoms with E-state index in [2.05, 4.69) is 24.3 Å². The number of rotatable bonds is 7. The van der Waals surface area contributed by atoms with Crippen LogP contribution < -0.4 is 4.74 Å². The molecule has 0 aliphatic rings. The molecule has 0 unspecified atom stereocenters. The number of Topliss-reactive ketones (excluding diaryl/α,β-unsaturated/α-hetero) is 1. The van der Waals surface area contributed by atoms with E-state index in [4.69, 9.17) is 4.74 Å². The van der Waals surface area contributed by atoms with Crippen LogP contribution in [0.2, 0.25) is 0 Å². The first-order chi connectivity index (χ1) is 13.1. The molecular weight excluding hydrogens is 356 g/mol. The van der Waals surface area contributed by atoms with Gasteiger partial charge in [-0.15, -0.1) is 11.8 Å². The van der Waals surface area contributed by atoms with Crippen LogP contribution in [-0.4, -0.2) is 17.5 Å². The molecular formula is C23H20O3S. The Morgan fingerprint density at radius 3 is 1.81 bits per heavy atom. The Morgan fingerprint density at radius 1 is 0.815 bits per heavy atom. The summed E-state index contributed by atoms with van der Waals surface area (Å²) in [6.07, 6.45) is 0. The highest BCUT2D eigenvalue weighted by molar-refractivity contribution is 8.00. The number of esters is 1. The number of ether oxygens (including phenoxy) is 1. The highest BCUT2D eigenvalue weighted by Crippen LogP contribution is 2.35. The summed E-state index contributed by atoms with van der Waals surface area (Å²) in [6, 6.07) is 26.8. The first-order valence-corrected chi connectivity index (χ1v) is 9.71. The molecule has 4 heteroatoms. The van der Waals surface area contributed by atoms with Crippen LogP contribution in [0.5, 0.6) is 5.75 Å². The fourth-order valence-corrected chi connectivity index (χ4v) is 3.77. The second kappa shape index (κ2) is 9.19. The Kier molecular flexibility index (Phi) is 6.44. The number of hydrogen-bond donors (Lipinski definition) is 0. The third-order valence-corrected chi connectivity index (χ3v) is 5.35. The minimum absolute atomic E-state index is 0.0167. The maximum atomic E-state index is 12.3. The van der Waals surface area contributed by atoms with E-state index in [1.165, 1.54) is 18.7 Å². The molecule has 0 atom stereocenters. The molecule has 0 aliphatic carbocycles. The van der Waals surface area contributed by atoms with E-state index in [1.807, 2.05) is 36.4 Å². The van der Waals surface area contributed by atoms with Crippen molar-refractivity contribution in [2.75, 3.05) is 5.75 Å². The highest BCUT2D eigenvalue weighted by Gasteiger charge is 2.17. The summed E-state index contributed by atoms with van der Waals surface area (Å²) >= 11 is 1.53. The Balaban J connectivity index is 1.66. The molecule has 0 saturated heterocycles. The van der Waals surface area contributed by atoms with Crippen molar-refractivity contribution in [1.29, 1.82) is 0 Å². The number of carbonyl (C=O) groups is 2. The van der Waals surface area contributed by atoms with E-state index in [1.54, 1.807) is 24.3 Å². The smallest absolute Gasteiger partial charge is 0.321 e. The molecule has 0 fully saturated rings. The van der Waals surface area contributed by atoms with Crippen molar-refractivity contribution < 1.29 is 14.3 Å². The summed E-state index contributed by atoms with van der Waals surface area (Å²) in [4.78, 5) is 23.6. The summed E-state index contributed by atoms with van der Waals surface area (Å²) < 4.78 is 5.40. The molecule has 0 radical (unpaired) electrons. The molecule has 136 valence electrons. The second-order valence-electron chi connectivity index (χ2n) is 6.07. The highest BCUT2D eigenvalue weighted by atomic mass is 32.2. The maximum Gasteiger partial charge on any atom is 0.321 e. The monoisotopic (exact) mass is 376 g/mol. The van der Waals surface area contributed by atoms with E-state index in [-0.39, 0.29) is 22.8 Å². The summed E-state index contributed by atoms with van der Waals surface area (Å²) in [5.74, 6) is 0.342. The largest absolute Gasteiger partial charge is 0.426 e. The van der Waals surface area contributed by atoms with Gasteiger partial charge in [-0.05, 0) is 42.3 Å². The third-order valence-electron chi connectivity index (χ3n) is 4.07. The van der Waals surface area contributed by atoms with Crippen molar-refractivity contribution in [1.82, 2.24) is 0 Å². The molecule has 3 aromatic carbocycles. The molecule has 0 heterocycles. The number of hydrogen-bond acceptors (Lipinski definition) is 4. The van der Waals surface area contributed by atoms with Crippen LogP contribution in [0.25, 0.3) is 0 Å². The maximum absolute atomic E-state index is 12.3. The van der Waals surface area contributed by atoms with Gasteiger partial charge >= 0.3 is 5.97 Å². The first kappa shape index (κ1) is 18.9. The van der Waals surface area contributed by atoms with Gasteiger partial charge in [0.1, 0.15) is 5.75 Å². The molecule has 0 N–H and O–H groups in total. The van der Waals surface area contributed by atoms with E-state index in [0.29, 0.717) is 11.3 Å². The minimum atomic E-state index is -0.313. The summed E-state index contributed by atoms with van der Waals surface area (Å²) in [5, 5.41) is 0.0556. The van der Waals surface area contributed by atoms with Gasteiger partial charge in [-0.1, -0.05) is 60.7 Å². The lowest BCUT2D eigenvalue weighted by Crippen LogP contribution is -2.12. The molecule has 3 aromatic rings. The predicted octanol–water partition coefficient (Wildman–Crippen LogP) is 5.32. The van der Waals surface area contributed by atoms with E-state index in [9.17, 15) is 9.59 Å². The molecule has 3 nitrogen and oxygen atoms in total. The molecule has 0 saturated carbocycles. The minimum Gasteiger partial charge on any atom is -0.426 e. The van der Waals surface area contributed by atoms with Crippen LogP contribution >= 0.6 is 11.8 Å². The molecule has 0 aromatic heterocycles. The van der Waals surface area contributed by atoms with Gasteiger partial charge in [0.2, 0.25) is 0 Å². The lowest BCUT2D eigenvalue weighted by molar-refractivity contribution is -0.131. The van der Waals surface area contributed by atoms with Gasteiger partial charge in [-0.2, -0.15) is 0 Å². The fraction of sp³-hybridized carbons (Fsp3) is 0.130.